The zero-order valence-corrected chi connectivity index (χ0v) is 13.5. The highest BCUT2D eigenvalue weighted by Gasteiger charge is 2.25. The third-order valence-electron chi connectivity index (χ3n) is 4.99. The second-order valence-corrected chi connectivity index (χ2v) is 7.09. The van der Waals surface area contributed by atoms with Crippen LogP contribution in [-0.4, -0.2) is 32.7 Å². The second kappa shape index (κ2) is 7.44. The standard InChI is InChI=1S/C18H25ClN2/c19-18-8-6-17(7-9-18)15-21-12-10-20(11-13-21)14-16-4-2-1-3-5-16/h1-2,6-9,16H,3-5,10-15H2/p+2/t16-/m0/s1. The molecule has 0 unspecified atom stereocenters. The Bertz CT molecular complexity index is 461. The van der Waals surface area contributed by atoms with Crippen molar-refractivity contribution >= 4 is 11.6 Å². The molecule has 1 heterocycles. The third-order valence-corrected chi connectivity index (χ3v) is 5.24. The van der Waals surface area contributed by atoms with Crippen molar-refractivity contribution in [2.24, 2.45) is 5.92 Å². The number of piperazine rings is 1. The molecule has 1 saturated heterocycles. The lowest BCUT2D eigenvalue weighted by Crippen LogP contribution is -3.27. The van der Waals surface area contributed by atoms with E-state index in [0.717, 1.165) is 17.5 Å². The van der Waals surface area contributed by atoms with Crippen LogP contribution in [0.3, 0.4) is 0 Å². The van der Waals surface area contributed by atoms with E-state index in [2.05, 4.69) is 24.3 Å². The maximum Gasteiger partial charge on any atom is 0.127 e. The smallest absolute Gasteiger partial charge is 0.127 e. The summed E-state index contributed by atoms with van der Waals surface area (Å²) < 4.78 is 0. The molecule has 1 aromatic rings. The molecule has 114 valence electrons. The molecule has 1 atom stereocenters. The van der Waals surface area contributed by atoms with Gasteiger partial charge in [-0.3, -0.25) is 0 Å². The van der Waals surface area contributed by atoms with Gasteiger partial charge >= 0.3 is 0 Å². The van der Waals surface area contributed by atoms with Crippen LogP contribution >= 0.6 is 11.6 Å². The van der Waals surface area contributed by atoms with Crippen LogP contribution in [0.25, 0.3) is 0 Å². The monoisotopic (exact) mass is 306 g/mol. The van der Waals surface area contributed by atoms with Gasteiger partial charge in [0.1, 0.15) is 32.7 Å². The van der Waals surface area contributed by atoms with Crippen molar-refractivity contribution in [3.63, 3.8) is 0 Å². The van der Waals surface area contributed by atoms with Gasteiger partial charge in [0, 0.05) is 16.5 Å². The fourth-order valence-electron chi connectivity index (χ4n) is 3.68. The second-order valence-electron chi connectivity index (χ2n) is 6.66. The maximum atomic E-state index is 5.95. The number of rotatable bonds is 4. The van der Waals surface area contributed by atoms with Crippen LogP contribution < -0.4 is 9.80 Å². The van der Waals surface area contributed by atoms with E-state index in [9.17, 15) is 0 Å². The Balaban J connectivity index is 1.42. The number of quaternary nitrogens is 2. The highest BCUT2D eigenvalue weighted by molar-refractivity contribution is 6.30. The molecule has 2 N–H and O–H groups in total. The zero-order chi connectivity index (χ0) is 14.5. The first-order valence-corrected chi connectivity index (χ1v) is 8.74. The maximum absolute atomic E-state index is 5.95. The van der Waals surface area contributed by atoms with Crippen LogP contribution in [0.5, 0.6) is 0 Å². The Morgan fingerprint density at radius 2 is 1.67 bits per heavy atom. The normalized spacial score (nSPS) is 29.5. The van der Waals surface area contributed by atoms with Crippen LogP contribution in [0.4, 0.5) is 0 Å². The lowest BCUT2D eigenvalue weighted by molar-refractivity contribution is -1.02. The summed E-state index contributed by atoms with van der Waals surface area (Å²) in [4.78, 5) is 3.56. The minimum absolute atomic E-state index is 0.838. The molecule has 0 bridgehead atoms. The van der Waals surface area contributed by atoms with Gasteiger partial charge in [0.2, 0.25) is 0 Å². The topological polar surface area (TPSA) is 8.88 Å². The van der Waals surface area contributed by atoms with Crippen molar-refractivity contribution in [2.45, 2.75) is 25.8 Å². The summed E-state index contributed by atoms with van der Waals surface area (Å²) in [6.45, 7) is 7.82. The van der Waals surface area contributed by atoms with Gasteiger partial charge < -0.3 is 9.80 Å². The molecule has 1 aromatic carbocycles. The van der Waals surface area contributed by atoms with Gasteiger partial charge in [-0.1, -0.05) is 35.9 Å². The molecule has 0 saturated carbocycles. The Kier molecular flexibility index (Phi) is 5.34. The fourth-order valence-corrected chi connectivity index (χ4v) is 3.80. The van der Waals surface area contributed by atoms with E-state index >= 15 is 0 Å². The summed E-state index contributed by atoms with van der Waals surface area (Å²) in [5.74, 6) is 0.933. The number of benzene rings is 1. The Morgan fingerprint density at radius 1 is 0.952 bits per heavy atom. The molecule has 21 heavy (non-hydrogen) atoms. The molecule has 1 aliphatic carbocycles. The molecule has 3 heteroatoms. The highest BCUT2D eigenvalue weighted by atomic mass is 35.5. The van der Waals surface area contributed by atoms with Crippen LogP contribution in [-0.2, 0) is 6.54 Å². The summed E-state index contributed by atoms with van der Waals surface area (Å²) in [5.41, 5.74) is 1.41. The predicted octanol–water partition coefficient (Wildman–Crippen LogP) is 0.980. The quantitative estimate of drug-likeness (QED) is 0.768. The molecule has 1 fully saturated rings. The molecular weight excluding hydrogens is 280 g/mol. The van der Waals surface area contributed by atoms with Crippen molar-refractivity contribution < 1.29 is 9.80 Å². The minimum Gasteiger partial charge on any atom is -0.325 e. The lowest BCUT2D eigenvalue weighted by Gasteiger charge is -2.32. The zero-order valence-electron chi connectivity index (χ0n) is 12.8. The van der Waals surface area contributed by atoms with Crippen LogP contribution in [0, 0.1) is 5.92 Å². The van der Waals surface area contributed by atoms with E-state index in [4.69, 9.17) is 11.6 Å². The van der Waals surface area contributed by atoms with Gasteiger partial charge in [0.15, 0.2) is 0 Å². The van der Waals surface area contributed by atoms with Crippen molar-refractivity contribution in [3.8, 4) is 0 Å². The van der Waals surface area contributed by atoms with Crippen LogP contribution in [0.2, 0.25) is 5.02 Å². The first-order valence-electron chi connectivity index (χ1n) is 8.36. The number of nitrogens with one attached hydrogen (secondary N) is 2. The Morgan fingerprint density at radius 3 is 2.33 bits per heavy atom. The molecule has 0 amide bonds. The summed E-state index contributed by atoms with van der Waals surface area (Å²) in [6.07, 6.45) is 8.74. The highest BCUT2D eigenvalue weighted by Crippen LogP contribution is 2.16. The van der Waals surface area contributed by atoms with Gasteiger partial charge in [0.05, 0.1) is 6.54 Å². The van der Waals surface area contributed by atoms with E-state index in [1.165, 1.54) is 57.5 Å². The van der Waals surface area contributed by atoms with E-state index < -0.39 is 0 Å². The van der Waals surface area contributed by atoms with Crippen molar-refractivity contribution in [1.29, 1.82) is 0 Å². The molecule has 0 spiro atoms. The van der Waals surface area contributed by atoms with Gasteiger partial charge in [-0.15, -0.1) is 0 Å². The summed E-state index contributed by atoms with van der Waals surface area (Å²) in [6, 6.07) is 8.36. The van der Waals surface area contributed by atoms with Gasteiger partial charge in [-0.05, 0) is 31.4 Å². The fraction of sp³-hybridized carbons (Fsp3) is 0.556. The Labute approximate surface area is 133 Å². The van der Waals surface area contributed by atoms with E-state index in [1.54, 1.807) is 4.90 Å². The summed E-state index contributed by atoms with van der Waals surface area (Å²) >= 11 is 5.95. The summed E-state index contributed by atoms with van der Waals surface area (Å²) in [7, 11) is 0. The van der Waals surface area contributed by atoms with Crippen molar-refractivity contribution in [1.82, 2.24) is 0 Å². The first kappa shape index (κ1) is 15.1. The van der Waals surface area contributed by atoms with Crippen molar-refractivity contribution in [2.75, 3.05) is 32.7 Å². The predicted molar refractivity (Wildman–Crippen MR) is 87.9 cm³/mol. The Hall–Kier alpha value is -0.830. The minimum atomic E-state index is 0.838. The van der Waals surface area contributed by atoms with Crippen LogP contribution in [0.15, 0.2) is 36.4 Å². The van der Waals surface area contributed by atoms with Crippen LogP contribution in [0.1, 0.15) is 24.8 Å². The number of allylic oxidation sites excluding steroid dienone is 2. The van der Waals surface area contributed by atoms with Gasteiger partial charge in [-0.25, -0.2) is 0 Å². The average molecular weight is 307 g/mol. The molecule has 0 aromatic heterocycles. The molecule has 3 rings (SSSR count). The number of hydrogen-bond donors (Lipinski definition) is 2. The average Bonchev–Trinajstić information content (AvgIpc) is 2.53. The van der Waals surface area contributed by atoms with E-state index in [-0.39, 0.29) is 0 Å². The summed E-state index contributed by atoms with van der Waals surface area (Å²) in [5, 5.41) is 0.838. The van der Waals surface area contributed by atoms with Crippen molar-refractivity contribution in [3.05, 3.63) is 47.0 Å². The molecule has 2 aliphatic rings. The van der Waals surface area contributed by atoms with E-state index in [1.807, 2.05) is 17.0 Å². The van der Waals surface area contributed by atoms with Gasteiger partial charge in [0.25, 0.3) is 0 Å². The van der Waals surface area contributed by atoms with E-state index in [0.29, 0.717) is 0 Å². The molecular formula is C18H27ClN2+2. The SMILES string of the molecule is Clc1ccc(C[NH+]2CC[NH+](C[C@H]3CC=CCC3)CC2)cc1. The molecule has 0 radical (unpaired) electrons. The van der Waals surface area contributed by atoms with Gasteiger partial charge in [-0.2, -0.15) is 0 Å². The molecule has 1 aliphatic heterocycles. The molecule has 2 nitrogen and oxygen atoms in total. The number of hydrogen-bond acceptors (Lipinski definition) is 0. The first-order chi connectivity index (χ1) is 10.3. The number of halogens is 1. The third kappa shape index (κ3) is 4.57. The largest absolute Gasteiger partial charge is 0.325 e. The lowest BCUT2D eigenvalue weighted by atomic mass is 9.94.